The van der Waals surface area contributed by atoms with Gasteiger partial charge in [0.25, 0.3) is 5.91 Å². The molecule has 4 nitrogen and oxygen atoms in total. The lowest BCUT2D eigenvalue weighted by atomic mass is 10.1. The molecule has 0 aliphatic carbocycles. The van der Waals surface area contributed by atoms with Crippen molar-refractivity contribution in [3.05, 3.63) is 23.8 Å². The van der Waals surface area contributed by atoms with Gasteiger partial charge in [0.15, 0.2) is 0 Å². The quantitative estimate of drug-likeness (QED) is 0.827. The van der Waals surface area contributed by atoms with Crippen LogP contribution in [0.4, 0.5) is 24.5 Å². The van der Waals surface area contributed by atoms with Crippen LogP contribution in [-0.2, 0) is 0 Å². The van der Waals surface area contributed by atoms with Crippen LogP contribution < -0.4 is 16.4 Å². The molecule has 7 heteroatoms. The summed E-state index contributed by atoms with van der Waals surface area (Å²) < 4.78 is 37.8. The first-order valence-electron chi connectivity index (χ1n) is 5.64. The largest absolute Gasteiger partial charge is 0.405 e. The summed E-state index contributed by atoms with van der Waals surface area (Å²) in [5, 5.41) is 0. The summed E-state index contributed by atoms with van der Waals surface area (Å²) in [6, 6.07) is 3.63. The van der Waals surface area contributed by atoms with Crippen molar-refractivity contribution in [3.8, 4) is 0 Å². The molecule has 0 saturated carbocycles. The van der Waals surface area contributed by atoms with Gasteiger partial charge in [0.1, 0.15) is 6.54 Å². The predicted octanol–water partition coefficient (Wildman–Crippen LogP) is 2.14. The van der Waals surface area contributed by atoms with Gasteiger partial charge in [0, 0.05) is 11.7 Å². The Labute approximate surface area is 109 Å². The van der Waals surface area contributed by atoms with E-state index in [2.05, 4.69) is 0 Å². The van der Waals surface area contributed by atoms with E-state index < -0.39 is 24.7 Å². The Morgan fingerprint density at radius 3 is 2.37 bits per heavy atom. The lowest BCUT2D eigenvalue weighted by Crippen LogP contribution is -2.40. The van der Waals surface area contributed by atoms with Crippen LogP contribution in [0.25, 0.3) is 0 Å². The Morgan fingerprint density at radius 2 is 1.95 bits per heavy atom. The molecule has 0 aliphatic rings. The molecule has 106 valence electrons. The van der Waals surface area contributed by atoms with E-state index in [-0.39, 0.29) is 16.9 Å². The van der Waals surface area contributed by atoms with Crippen LogP contribution in [0.2, 0.25) is 0 Å². The highest BCUT2D eigenvalue weighted by Gasteiger charge is 2.33. The number of alkyl halides is 3. The highest BCUT2D eigenvalue weighted by atomic mass is 19.4. The van der Waals surface area contributed by atoms with E-state index in [4.69, 9.17) is 11.5 Å². The number of nitrogens with two attached hydrogens (primary N) is 2. The van der Waals surface area contributed by atoms with Gasteiger partial charge in [0.05, 0.1) is 11.3 Å². The molecule has 0 aromatic heterocycles. The number of halogens is 3. The van der Waals surface area contributed by atoms with Crippen molar-refractivity contribution in [2.24, 2.45) is 5.73 Å². The van der Waals surface area contributed by atoms with Crippen LogP contribution in [0, 0.1) is 0 Å². The third-order valence-corrected chi connectivity index (χ3v) is 2.57. The molecule has 4 N–H and O–H groups in total. The molecule has 0 heterocycles. The second-order valence-corrected chi connectivity index (χ2v) is 4.48. The van der Waals surface area contributed by atoms with Gasteiger partial charge in [-0.1, -0.05) is 0 Å². The van der Waals surface area contributed by atoms with Gasteiger partial charge in [-0.2, -0.15) is 13.2 Å². The first-order valence-corrected chi connectivity index (χ1v) is 5.64. The Morgan fingerprint density at radius 1 is 1.37 bits per heavy atom. The van der Waals surface area contributed by atoms with Crippen molar-refractivity contribution in [2.75, 3.05) is 17.2 Å². The number of hydrogen-bond acceptors (Lipinski definition) is 3. The van der Waals surface area contributed by atoms with Crippen LogP contribution in [0.3, 0.4) is 0 Å². The van der Waals surface area contributed by atoms with Crippen LogP contribution in [0.15, 0.2) is 18.2 Å². The Kier molecular flexibility index (Phi) is 4.28. The molecule has 0 saturated heterocycles. The molecule has 0 spiro atoms. The van der Waals surface area contributed by atoms with E-state index in [1.807, 2.05) is 0 Å². The summed E-state index contributed by atoms with van der Waals surface area (Å²) >= 11 is 0. The van der Waals surface area contributed by atoms with E-state index in [0.29, 0.717) is 0 Å². The number of carbonyl (C=O) groups is 1. The minimum Gasteiger partial charge on any atom is -0.399 e. The Bertz CT molecular complexity index is 472. The van der Waals surface area contributed by atoms with Crippen LogP contribution >= 0.6 is 0 Å². The van der Waals surface area contributed by atoms with Crippen molar-refractivity contribution in [1.29, 1.82) is 0 Å². The van der Waals surface area contributed by atoms with Gasteiger partial charge in [-0.25, -0.2) is 0 Å². The third kappa shape index (κ3) is 4.04. The van der Waals surface area contributed by atoms with Crippen LogP contribution in [0.5, 0.6) is 0 Å². The Hall–Kier alpha value is -1.92. The zero-order chi connectivity index (χ0) is 14.8. The maximum atomic E-state index is 12.6. The van der Waals surface area contributed by atoms with Crippen molar-refractivity contribution in [2.45, 2.75) is 26.1 Å². The monoisotopic (exact) mass is 275 g/mol. The van der Waals surface area contributed by atoms with E-state index in [1.165, 1.54) is 18.2 Å². The standard InChI is InChI=1S/C12H16F3N3O/c1-7(2)18(6-12(13,14)15)10-5-8(16)3-4-9(10)11(17)19/h3-5,7H,6,16H2,1-2H3,(H2,17,19). The van der Waals surface area contributed by atoms with E-state index >= 15 is 0 Å². The second kappa shape index (κ2) is 5.38. The molecule has 0 atom stereocenters. The predicted molar refractivity (Wildman–Crippen MR) is 67.9 cm³/mol. The summed E-state index contributed by atoms with van der Waals surface area (Å²) in [7, 11) is 0. The van der Waals surface area contributed by atoms with Crippen LogP contribution in [-0.4, -0.2) is 24.7 Å². The van der Waals surface area contributed by atoms with Gasteiger partial charge in [-0.05, 0) is 32.0 Å². The summed E-state index contributed by atoms with van der Waals surface area (Å²) in [4.78, 5) is 12.4. The third-order valence-electron chi connectivity index (χ3n) is 2.57. The smallest absolute Gasteiger partial charge is 0.399 e. The van der Waals surface area contributed by atoms with E-state index in [9.17, 15) is 18.0 Å². The molecular weight excluding hydrogens is 259 g/mol. The number of nitrogen functional groups attached to an aromatic ring is 1. The molecule has 0 radical (unpaired) electrons. The van der Waals surface area contributed by atoms with Crippen molar-refractivity contribution in [1.82, 2.24) is 0 Å². The molecule has 0 unspecified atom stereocenters. The Balaban J connectivity index is 3.29. The molecule has 19 heavy (non-hydrogen) atoms. The minimum atomic E-state index is -4.39. The fourth-order valence-corrected chi connectivity index (χ4v) is 1.73. The summed E-state index contributed by atoms with van der Waals surface area (Å²) in [6.07, 6.45) is -4.39. The van der Waals surface area contributed by atoms with Crippen LogP contribution in [0.1, 0.15) is 24.2 Å². The number of amides is 1. The van der Waals surface area contributed by atoms with E-state index in [1.54, 1.807) is 13.8 Å². The summed E-state index contributed by atoms with van der Waals surface area (Å²) in [6.45, 7) is 2.02. The molecule has 0 aliphatic heterocycles. The lowest BCUT2D eigenvalue weighted by molar-refractivity contribution is -0.120. The number of rotatable bonds is 4. The average Bonchev–Trinajstić information content (AvgIpc) is 2.23. The first kappa shape index (κ1) is 15.1. The number of primary amides is 1. The van der Waals surface area contributed by atoms with Gasteiger partial charge < -0.3 is 16.4 Å². The number of carbonyl (C=O) groups excluding carboxylic acids is 1. The molecule has 0 bridgehead atoms. The molecule has 0 fully saturated rings. The zero-order valence-electron chi connectivity index (χ0n) is 10.7. The molecule has 1 aromatic rings. The highest BCUT2D eigenvalue weighted by molar-refractivity contribution is 5.99. The zero-order valence-corrected chi connectivity index (χ0v) is 10.7. The van der Waals surface area contributed by atoms with E-state index in [0.717, 1.165) is 4.90 Å². The molecule has 1 rings (SSSR count). The second-order valence-electron chi connectivity index (χ2n) is 4.48. The number of nitrogens with zero attached hydrogens (tertiary/aromatic N) is 1. The topological polar surface area (TPSA) is 72.3 Å². The summed E-state index contributed by atoms with van der Waals surface area (Å²) in [5.41, 5.74) is 11.1. The highest BCUT2D eigenvalue weighted by Crippen LogP contribution is 2.28. The lowest BCUT2D eigenvalue weighted by Gasteiger charge is -2.31. The van der Waals surface area contributed by atoms with Crippen molar-refractivity contribution >= 4 is 17.3 Å². The number of hydrogen-bond donors (Lipinski definition) is 2. The number of anilines is 2. The maximum Gasteiger partial charge on any atom is 0.405 e. The molecular formula is C12H16F3N3O. The fourth-order valence-electron chi connectivity index (χ4n) is 1.73. The first-order chi connectivity index (χ1) is 8.61. The molecule has 1 aromatic carbocycles. The maximum absolute atomic E-state index is 12.6. The van der Waals surface area contributed by atoms with Gasteiger partial charge in [0.2, 0.25) is 0 Å². The average molecular weight is 275 g/mol. The molecule has 1 amide bonds. The van der Waals surface area contributed by atoms with Crippen molar-refractivity contribution in [3.63, 3.8) is 0 Å². The van der Waals surface area contributed by atoms with Crippen molar-refractivity contribution < 1.29 is 18.0 Å². The number of benzene rings is 1. The van der Waals surface area contributed by atoms with Gasteiger partial charge in [-0.15, -0.1) is 0 Å². The van der Waals surface area contributed by atoms with Gasteiger partial charge >= 0.3 is 6.18 Å². The minimum absolute atomic E-state index is 0.0205. The fraction of sp³-hybridized carbons (Fsp3) is 0.417. The summed E-state index contributed by atoms with van der Waals surface area (Å²) in [5.74, 6) is -0.789. The SMILES string of the molecule is CC(C)N(CC(F)(F)F)c1cc(N)ccc1C(N)=O. The van der Waals surface area contributed by atoms with Gasteiger partial charge in [-0.3, -0.25) is 4.79 Å². The normalized spacial score (nSPS) is 11.7.